The number of hydrogen-bond acceptors (Lipinski definition) is 8. The number of amides is 1. The van der Waals surface area contributed by atoms with Gasteiger partial charge >= 0.3 is 5.97 Å². The van der Waals surface area contributed by atoms with Gasteiger partial charge in [-0.15, -0.1) is 11.8 Å². The van der Waals surface area contributed by atoms with Gasteiger partial charge < -0.3 is 28.7 Å². The van der Waals surface area contributed by atoms with E-state index in [1.807, 2.05) is 66.7 Å². The van der Waals surface area contributed by atoms with Crippen molar-refractivity contribution >= 4 is 29.3 Å². The molecule has 9 heteroatoms. The zero-order valence-corrected chi connectivity index (χ0v) is 25.3. The summed E-state index contributed by atoms with van der Waals surface area (Å²) in [6, 6.07) is 21.4. The number of carbonyl (C=O) groups is 2. The number of para-hydroxylation sites is 1. The van der Waals surface area contributed by atoms with Crippen LogP contribution in [0.2, 0.25) is 0 Å². The summed E-state index contributed by atoms with van der Waals surface area (Å²) in [5.74, 6) is 1.39. The lowest BCUT2D eigenvalue weighted by molar-refractivity contribution is -0.152. The zero-order chi connectivity index (χ0) is 29.5. The minimum atomic E-state index is -0.984. The molecule has 4 rings (SSSR count). The van der Waals surface area contributed by atoms with Crippen molar-refractivity contribution in [3.8, 4) is 17.2 Å². The molecule has 0 fully saturated rings. The van der Waals surface area contributed by atoms with Gasteiger partial charge in [0, 0.05) is 31.0 Å². The number of rotatable bonds is 11. The number of carbonyl (C=O) groups excluding carboxylic acids is 2. The Morgan fingerprint density at radius 2 is 1.68 bits per heavy atom. The molecule has 0 N–H and O–H groups in total. The molecule has 1 aliphatic heterocycles. The lowest BCUT2D eigenvalue weighted by Crippen LogP contribution is -2.48. The van der Waals surface area contributed by atoms with Crippen molar-refractivity contribution in [3.05, 3.63) is 77.9 Å². The zero-order valence-electron chi connectivity index (χ0n) is 24.5. The SMILES string of the molecule is COc1ccc(C2Sc3ccccc3N(C[C@H](C)N(C)CCc3ccc(OC)c(OC)c3)C(=O)C2OC(C)=O)cc1. The van der Waals surface area contributed by atoms with E-state index in [2.05, 4.69) is 18.9 Å². The maximum Gasteiger partial charge on any atom is 0.303 e. The summed E-state index contributed by atoms with van der Waals surface area (Å²) in [4.78, 5) is 31.4. The summed E-state index contributed by atoms with van der Waals surface area (Å²) < 4.78 is 21.9. The molecule has 0 radical (unpaired) electrons. The van der Waals surface area contributed by atoms with Crippen LogP contribution >= 0.6 is 11.8 Å². The van der Waals surface area contributed by atoms with Crippen molar-refractivity contribution in [2.45, 2.75) is 42.6 Å². The van der Waals surface area contributed by atoms with Crippen LogP contribution < -0.4 is 19.1 Å². The normalized spacial score (nSPS) is 17.4. The number of methoxy groups -OCH3 is 3. The lowest BCUT2D eigenvalue weighted by atomic mass is 10.0. The monoisotopic (exact) mass is 578 g/mol. The molecule has 3 aromatic carbocycles. The second-order valence-corrected chi connectivity index (χ2v) is 11.2. The minimum Gasteiger partial charge on any atom is -0.497 e. The van der Waals surface area contributed by atoms with E-state index in [9.17, 15) is 9.59 Å². The number of nitrogens with zero attached hydrogens (tertiary/aromatic N) is 2. The van der Waals surface area contributed by atoms with Crippen LogP contribution in [0.3, 0.4) is 0 Å². The van der Waals surface area contributed by atoms with Gasteiger partial charge in [0.05, 0.1) is 32.3 Å². The number of hydrogen-bond donors (Lipinski definition) is 0. The van der Waals surface area contributed by atoms with Crippen LogP contribution in [0.1, 0.15) is 30.2 Å². The Morgan fingerprint density at radius 1 is 0.976 bits per heavy atom. The summed E-state index contributed by atoms with van der Waals surface area (Å²) in [6.45, 7) is 4.66. The molecule has 0 spiro atoms. The van der Waals surface area contributed by atoms with Gasteiger partial charge in [-0.05, 0) is 67.9 Å². The van der Waals surface area contributed by atoms with E-state index < -0.39 is 17.3 Å². The van der Waals surface area contributed by atoms with Crippen LogP contribution in [-0.2, 0) is 20.7 Å². The summed E-state index contributed by atoms with van der Waals surface area (Å²) in [5, 5.41) is -0.415. The molecule has 0 aliphatic carbocycles. The first-order valence-electron chi connectivity index (χ1n) is 13.5. The van der Waals surface area contributed by atoms with E-state index in [4.69, 9.17) is 18.9 Å². The summed E-state index contributed by atoms with van der Waals surface area (Å²) in [7, 11) is 6.92. The Bertz CT molecular complexity index is 1350. The van der Waals surface area contributed by atoms with E-state index >= 15 is 0 Å². The third-order valence-electron chi connectivity index (χ3n) is 7.33. The van der Waals surface area contributed by atoms with Gasteiger partial charge in [-0.25, -0.2) is 0 Å². The fourth-order valence-corrected chi connectivity index (χ4v) is 6.18. The summed E-state index contributed by atoms with van der Waals surface area (Å²) in [6.07, 6.45) is -0.181. The predicted octanol–water partition coefficient (Wildman–Crippen LogP) is 5.39. The number of fused-ring (bicyclic) bond motifs is 1. The van der Waals surface area contributed by atoms with Gasteiger partial charge in [0.2, 0.25) is 0 Å². The van der Waals surface area contributed by atoms with Gasteiger partial charge in [0.15, 0.2) is 17.6 Å². The first-order chi connectivity index (χ1) is 19.7. The van der Waals surface area contributed by atoms with Gasteiger partial charge in [-0.3, -0.25) is 9.59 Å². The van der Waals surface area contributed by atoms with Crippen molar-refractivity contribution < 1.29 is 28.5 Å². The second-order valence-electron chi connectivity index (χ2n) is 10.0. The molecule has 1 heterocycles. The molecule has 1 aliphatic rings. The number of ether oxygens (including phenoxy) is 4. The Labute approximate surface area is 246 Å². The standard InChI is InChI=1S/C32H38N2O6S/c1-21(33(3)18-17-23-11-16-27(38-5)28(19-23)39-6)20-34-26-9-7-8-10-29(26)41-31(30(32(34)36)40-22(2)35)24-12-14-25(37-4)15-13-24/h7-16,19,21,30-31H,17-18,20H2,1-6H3/t21-,30?,31?/m0/s1. The van der Waals surface area contributed by atoms with Crippen molar-refractivity contribution in [3.63, 3.8) is 0 Å². The third kappa shape index (κ3) is 7.15. The lowest BCUT2D eigenvalue weighted by Gasteiger charge is -2.33. The molecule has 0 bridgehead atoms. The highest BCUT2D eigenvalue weighted by atomic mass is 32.2. The summed E-state index contributed by atoms with van der Waals surface area (Å²) in [5.41, 5.74) is 2.83. The quantitative estimate of drug-likeness (QED) is 0.281. The maximum absolute atomic E-state index is 14.2. The van der Waals surface area contributed by atoms with Gasteiger partial charge in [0.25, 0.3) is 5.91 Å². The first kappa shape index (κ1) is 30.3. The van der Waals surface area contributed by atoms with E-state index in [0.717, 1.165) is 40.4 Å². The smallest absolute Gasteiger partial charge is 0.303 e. The van der Waals surface area contributed by atoms with Crippen molar-refractivity contribution in [2.75, 3.05) is 46.4 Å². The van der Waals surface area contributed by atoms with E-state index in [1.54, 1.807) is 26.2 Å². The highest BCUT2D eigenvalue weighted by Crippen LogP contribution is 2.47. The number of thioether (sulfide) groups is 1. The molecular formula is C32H38N2O6S. The van der Waals surface area contributed by atoms with Crippen LogP contribution in [0, 0.1) is 0 Å². The highest BCUT2D eigenvalue weighted by Gasteiger charge is 2.41. The number of likely N-dealkylation sites (N-methyl/N-ethyl adjacent to an activating group) is 1. The topological polar surface area (TPSA) is 77.5 Å². The Kier molecular flexibility index (Phi) is 10.2. The first-order valence-corrected chi connectivity index (χ1v) is 14.4. The molecule has 8 nitrogen and oxygen atoms in total. The molecule has 3 aromatic rings. The Balaban J connectivity index is 1.57. The largest absolute Gasteiger partial charge is 0.497 e. The maximum atomic E-state index is 14.2. The van der Waals surface area contributed by atoms with Crippen LogP contribution in [-0.4, -0.2) is 70.4 Å². The van der Waals surface area contributed by atoms with Crippen LogP contribution in [0.5, 0.6) is 17.2 Å². The molecule has 2 unspecified atom stereocenters. The minimum absolute atomic E-state index is 0.0210. The van der Waals surface area contributed by atoms with Gasteiger partial charge in [-0.2, -0.15) is 0 Å². The number of anilines is 1. The van der Waals surface area contributed by atoms with Crippen molar-refractivity contribution in [1.29, 1.82) is 0 Å². The molecule has 218 valence electrons. The van der Waals surface area contributed by atoms with Crippen molar-refractivity contribution in [2.24, 2.45) is 0 Å². The van der Waals surface area contributed by atoms with Crippen LogP contribution in [0.25, 0.3) is 0 Å². The van der Waals surface area contributed by atoms with E-state index in [-0.39, 0.29) is 11.9 Å². The Hall–Kier alpha value is -3.69. The fourth-order valence-electron chi connectivity index (χ4n) is 4.86. The molecular weight excluding hydrogens is 540 g/mol. The second kappa shape index (κ2) is 13.8. The average molecular weight is 579 g/mol. The number of esters is 1. The molecule has 41 heavy (non-hydrogen) atoms. The van der Waals surface area contributed by atoms with Crippen LogP contribution in [0.4, 0.5) is 5.69 Å². The van der Waals surface area contributed by atoms with Gasteiger partial charge in [0.1, 0.15) is 5.75 Å². The Morgan fingerprint density at radius 3 is 2.34 bits per heavy atom. The molecule has 1 amide bonds. The molecule has 3 atom stereocenters. The molecule has 0 aromatic heterocycles. The summed E-state index contributed by atoms with van der Waals surface area (Å²) >= 11 is 1.54. The van der Waals surface area contributed by atoms with E-state index in [1.165, 1.54) is 18.7 Å². The van der Waals surface area contributed by atoms with Crippen molar-refractivity contribution in [1.82, 2.24) is 4.90 Å². The fraction of sp³-hybridized carbons (Fsp3) is 0.375. The van der Waals surface area contributed by atoms with Gasteiger partial charge in [-0.1, -0.05) is 30.3 Å². The number of benzene rings is 3. The third-order valence-corrected chi connectivity index (χ3v) is 8.70. The van der Waals surface area contributed by atoms with Crippen LogP contribution in [0.15, 0.2) is 71.6 Å². The molecule has 0 saturated heterocycles. The highest BCUT2D eigenvalue weighted by molar-refractivity contribution is 7.99. The average Bonchev–Trinajstić information content (AvgIpc) is 3.10. The predicted molar refractivity (Wildman–Crippen MR) is 161 cm³/mol. The molecule has 0 saturated carbocycles. The van der Waals surface area contributed by atoms with E-state index in [0.29, 0.717) is 18.0 Å².